The highest BCUT2D eigenvalue weighted by atomic mass is 16.3. The van der Waals surface area contributed by atoms with Crippen molar-refractivity contribution in [2.75, 3.05) is 13.6 Å². The van der Waals surface area contributed by atoms with E-state index in [2.05, 4.69) is 10.6 Å². The number of nitrogens with one attached hydrogen (secondary N) is 1. The molecule has 1 aliphatic heterocycles. The van der Waals surface area contributed by atoms with Crippen molar-refractivity contribution in [3.05, 3.63) is 4.91 Å². The highest BCUT2D eigenvalue weighted by Gasteiger charge is 2.37. The van der Waals surface area contributed by atoms with E-state index in [0.29, 0.717) is 30.8 Å². The maximum atomic E-state index is 12.3. The molecule has 0 spiro atoms. The Labute approximate surface area is 129 Å². The molecule has 2 atom stereocenters. The summed E-state index contributed by atoms with van der Waals surface area (Å²) >= 11 is 0. The molecule has 0 aromatic carbocycles. The number of hydrogen-bond donors (Lipinski definition) is 2. The van der Waals surface area contributed by atoms with E-state index in [4.69, 9.17) is 5.73 Å². The van der Waals surface area contributed by atoms with Gasteiger partial charge in [0.15, 0.2) is 0 Å². The van der Waals surface area contributed by atoms with Gasteiger partial charge >= 0.3 is 6.03 Å². The van der Waals surface area contributed by atoms with Crippen LogP contribution in [0.25, 0.3) is 0 Å². The van der Waals surface area contributed by atoms with Crippen molar-refractivity contribution in [1.82, 2.24) is 15.2 Å². The maximum Gasteiger partial charge on any atom is 0.343 e. The SMILES string of the molecule is CC(C)C[C@H](NC(=O)[C@@H]1CCCN1C(=O)N(C)N=O)C(N)=O. The van der Waals surface area contributed by atoms with E-state index in [9.17, 15) is 19.3 Å². The molecule has 1 saturated heterocycles. The van der Waals surface area contributed by atoms with Crippen molar-refractivity contribution in [2.24, 2.45) is 16.9 Å². The van der Waals surface area contributed by atoms with Gasteiger partial charge in [0.25, 0.3) is 0 Å². The van der Waals surface area contributed by atoms with Gasteiger partial charge in [0, 0.05) is 13.6 Å². The van der Waals surface area contributed by atoms with Gasteiger partial charge in [-0.1, -0.05) is 13.8 Å². The fourth-order valence-electron chi connectivity index (χ4n) is 2.47. The van der Waals surface area contributed by atoms with Crippen LogP contribution < -0.4 is 11.1 Å². The molecule has 1 aliphatic rings. The molecule has 0 aromatic heterocycles. The maximum absolute atomic E-state index is 12.3. The lowest BCUT2D eigenvalue weighted by Crippen LogP contribution is -2.53. The molecule has 22 heavy (non-hydrogen) atoms. The highest BCUT2D eigenvalue weighted by molar-refractivity contribution is 5.91. The van der Waals surface area contributed by atoms with Gasteiger partial charge in [-0.2, -0.15) is 5.01 Å². The van der Waals surface area contributed by atoms with E-state index in [1.54, 1.807) is 0 Å². The minimum Gasteiger partial charge on any atom is -0.368 e. The van der Waals surface area contributed by atoms with Crippen LogP contribution in [0.5, 0.6) is 0 Å². The zero-order valence-corrected chi connectivity index (χ0v) is 13.1. The second kappa shape index (κ2) is 7.71. The van der Waals surface area contributed by atoms with Crippen LogP contribution in [0.4, 0.5) is 4.79 Å². The minimum absolute atomic E-state index is 0.185. The lowest BCUT2D eigenvalue weighted by molar-refractivity contribution is -0.130. The van der Waals surface area contributed by atoms with Gasteiger partial charge in [0.2, 0.25) is 11.8 Å². The summed E-state index contributed by atoms with van der Waals surface area (Å²) < 4.78 is 0. The third kappa shape index (κ3) is 4.40. The normalized spacial score (nSPS) is 18.9. The van der Waals surface area contributed by atoms with Gasteiger partial charge in [-0.05, 0) is 25.2 Å². The van der Waals surface area contributed by atoms with Crippen LogP contribution in [0.15, 0.2) is 5.29 Å². The Bertz CT molecular complexity index is 454. The molecule has 4 amide bonds. The zero-order chi connectivity index (χ0) is 16.9. The van der Waals surface area contributed by atoms with Gasteiger partial charge in [-0.15, -0.1) is 4.91 Å². The summed E-state index contributed by atoms with van der Waals surface area (Å²) in [6.07, 6.45) is 1.54. The number of rotatable bonds is 6. The number of urea groups is 1. The average Bonchev–Trinajstić information content (AvgIpc) is 2.93. The highest BCUT2D eigenvalue weighted by Crippen LogP contribution is 2.19. The number of carbonyl (C=O) groups is 3. The molecule has 0 aromatic rings. The number of likely N-dealkylation sites (tertiary alicyclic amines) is 1. The molecule has 0 aliphatic carbocycles. The summed E-state index contributed by atoms with van der Waals surface area (Å²) in [7, 11) is 1.23. The first-order chi connectivity index (χ1) is 10.3. The number of nitroso groups, excluding NO2 is 1. The molecular weight excluding hydrogens is 290 g/mol. The van der Waals surface area contributed by atoms with Crippen LogP contribution in [0.1, 0.15) is 33.1 Å². The summed E-state index contributed by atoms with van der Waals surface area (Å²) in [6.45, 7) is 4.19. The van der Waals surface area contributed by atoms with Crippen molar-refractivity contribution in [1.29, 1.82) is 0 Å². The van der Waals surface area contributed by atoms with Crippen LogP contribution in [0.3, 0.4) is 0 Å². The second-order valence-corrected chi connectivity index (χ2v) is 5.83. The molecular formula is C13H23N5O4. The quantitative estimate of drug-likeness (QED) is 0.536. The average molecular weight is 313 g/mol. The van der Waals surface area contributed by atoms with Crippen molar-refractivity contribution in [3.63, 3.8) is 0 Å². The molecule has 0 unspecified atom stereocenters. The Balaban J connectivity index is 2.75. The van der Waals surface area contributed by atoms with Crippen molar-refractivity contribution in [2.45, 2.75) is 45.2 Å². The number of hydrogen-bond acceptors (Lipinski definition) is 5. The van der Waals surface area contributed by atoms with Crippen LogP contribution >= 0.6 is 0 Å². The topological polar surface area (TPSA) is 125 Å². The van der Waals surface area contributed by atoms with E-state index in [-0.39, 0.29) is 5.92 Å². The minimum atomic E-state index is -0.771. The monoisotopic (exact) mass is 313 g/mol. The lowest BCUT2D eigenvalue weighted by Gasteiger charge is -2.27. The standard InChI is InChI=1S/C13H23N5O4/c1-8(2)7-9(11(14)19)15-12(20)10-5-4-6-18(10)13(21)17(3)16-22/h8-10H,4-7H2,1-3H3,(H2,14,19)(H,15,20)/t9-,10-/m0/s1. The van der Waals surface area contributed by atoms with Crippen molar-refractivity contribution in [3.8, 4) is 0 Å². The molecule has 1 rings (SSSR count). The predicted octanol–water partition coefficient (Wildman–Crippen LogP) is 0.200. The summed E-state index contributed by atoms with van der Waals surface area (Å²) in [5, 5.41) is 5.78. The molecule has 3 N–H and O–H groups in total. The summed E-state index contributed by atoms with van der Waals surface area (Å²) in [4.78, 5) is 47.4. The fourth-order valence-corrected chi connectivity index (χ4v) is 2.47. The van der Waals surface area contributed by atoms with E-state index < -0.39 is 29.9 Å². The van der Waals surface area contributed by atoms with Gasteiger partial charge in [0.05, 0.1) is 5.29 Å². The van der Waals surface area contributed by atoms with E-state index >= 15 is 0 Å². The van der Waals surface area contributed by atoms with Crippen LogP contribution in [-0.4, -0.2) is 53.4 Å². The van der Waals surface area contributed by atoms with Crippen molar-refractivity contribution >= 4 is 17.8 Å². The summed E-state index contributed by atoms with van der Waals surface area (Å²) in [5.74, 6) is -0.858. The summed E-state index contributed by atoms with van der Waals surface area (Å²) in [6, 6.07) is -2.12. The molecule has 9 nitrogen and oxygen atoms in total. The molecule has 124 valence electrons. The number of carbonyl (C=O) groups excluding carboxylic acids is 3. The van der Waals surface area contributed by atoms with Crippen LogP contribution in [-0.2, 0) is 9.59 Å². The Hall–Kier alpha value is -2.19. The Morgan fingerprint density at radius 3 is 2.55 bits per heavy atom. The van der Waals surface area contributed by atoms with Gasteiger partial charge in [-0.25, -0.2) is 4.79 Å². The van der Waals surface area contributed by atoms with E-state index in [1.165, 1.54) is 11.9 Å². The first-order valence-corrected chi connectivity index (χ1v) is 7.25. The third-order valence-electron chi connectivity index (χ3n) is 3.57. The molecule has 0 bridgehead atoms. The largest absolute Gasteiger partial charge is 0.368 e. The Morgan fingerprint density at radius 2 is 2.05 bits per heavy atom. The second-order valence-electron chi connectivity index (χ2n) is 5.83. The Kier molecular flexibility index (Phi) is 6.26. The number of primary amides is 1. The first kappa shape index (κ1) is 17.9. The fraction of sp³-hybridized carbons (Fsp3) is 0.769. The van der Waals surface area contributed by atoms with E-state index in [0.717, 1.165) is 0 Å². The molecule has 1 fully saturated rings. The van der Waals surface area contributed by atoms with Crippen molar-refractivity contribution < 1.29 is 14.4 Å². The number of amides is 4. The summed E-state index contributed by atoms with van der Waals surface area (Å²) in [5.41, 5.74) is 5.30. The van der Waals surface area contributed by atoms with Crippen LogP contribution in [0, 0.1) is 10.8 Å². The third-order valence-corrected chi connectivity index (χ3v) is 3.57. The van der Waals surface area contributed by atoms with E-state index in [1.807, 2.05) is 13.8 Å². The smallest absolute Gasteiger partial charge is 0.343 e. The number of nitrogens with two attached hydrogens (primary N) is 1. The molecule has 0 radical (unpaired) electrons. The van der Waals surface area contributed by atoms with Crippen LogP contribution in [0.2, 0.25) is 0 Å². The first-order valence-electron chi connectivity index (χ1n) is 7.25. The van der Waals surface area contributed by atoms with Gasteiger partial charge in [0.1, 0.15) is 12.1 Å². The van der Waals surface area contributed by atoms with Gasteiger partial charge < -0.3 is 16.0 Å². The molecule has 9 heteroatoms. The predicted molar refractivity (Wildman–Crippen MR) is 79.3 cm³/mol. The lowest BCUT2D eigenvalue weighted by atomic mass is 10.0. The molecule has 0 saturated carbocycles. The number of nitrogens with zero attached hydrogens (tertiary/aromatic N) is 3. The Morgan fingerprint density at radius 1 is 1.41 bits per heavy atom. The zero-order valence-electron chi connectivity index (χ0n) is 13.1. The molecule has 1 heterocycles. The van der Waals surface area contributed by atoms with Gasteiger partial charge in [-0.3, -0.25) is 9.59 Å².